The third-order valence-electron chi connectivity index (χ3n) is 2.25. The first-order valence-corrected chi connectivity index (χ1v) is 5.81. The first kappa shape index (κ1) is 13.9. The van der Waals surface area contributed by atoms with E-state index in [0.29, 0.717) is 18.9 Å². The lowest BCUT2D eigenvalue weighted by atomic mass is 10.2. The summed E-state index contributed by atoms with van der Waals surface area (Å²) >= 11 is 0. The van der Waals surface area contributed by atoms with Crippen molar-refractivity contribution < 1.29 is 13.9 Å². The lowest BCUT2D eigenvalue weighted by Crippen LogP contribution is -2.18. The zero-order valence-electron chi connectivity index (χ0n) is 10.6. The van der Waals surface area contributed by atoms with Crippen molar-refractivity contribution in [3.05, 3.63) is 29.6 Å². The molecule has 1 rings (SSSR count). The number of benzene rings is 1. The van der Waals surface area contributed by atoms with Crippen LogP contribution < -0.4 is 10.1 Å². The van der Waals surface area contributed by atoms with Crippen molar-refractivity contribution in [3.8, 4) is 5.75 Å². The second kappa shape index (κ2) is 7.25. The van der Waals surface area contributed by atoms with Gasteiger partial charge < -0.3 is 14.8 Å². The van der Waals surface area contributed by atoms with Crippen molar-refractivity contribution >= 4 is 0 Å². The second-order valence-electron chi connectivity index (χ2n) is 3.96. The molecule has 4 heteroatoms. The highest BCUT2D eigenvalue weighted by molar-refractivity contribution is 5.29. The minimum atomic E-state index is -0.278. The molecule has 0 saturated heterocycles. The topological polar surface area (TPSA) is 30.5 Å². The third-order valence-corrected chi connectivity index (χ3v) is 2.25. The number of halogens is 1. The molecule has 0 bridgehead atoms. The molecule has 1 unspecified atom stereocenters. The average Bonchev–Trinajstić information content (AvgIpc) is 2.25. The predicted octanol–water partition coefficient (Wildman–Crippen LogP) is 2.35. The molecule has 0 radical (unpaired) electrons. The molecule has 96 valence electrons. The molecule has 0 spiro atoms. The van der Waals surface area contributed by atoms with E-state index in [9.17, 15) is 4.39 Å². The Kier molecular flexibility index (Phi) is 5.94. The quantitative estimate of drug-likeness (QED) is 0.795. The van der Waals surface area contributed by atoms with Gasteiger partial charge in [-0.25, -0.2) is 4.39 Å². The maximum Gasteiger partial charge on any atom is 0.127 e. The van der Waals surface area contributed by atoms with Crippen LogP contribution >= 0.6 is 0 Å². The molecule has 0 amide bonds. The van der Waals surface area contributed by atoms with Crippen molar-refractivity contribution in [1.82, 2.24) is 5.32 Å². The molecule has 1 aromatic rings. The van der Waals surface area contributed by atoms with Gasteiger partial charge in [0.1, 0.15) is 17.7 Å². The van der Waals surface area contributed by atoms with Gasteiger partial charge in [-0.15, -0.1) is 0 Å². The molecule has 1 N–H and O–H groups in total. The first-order chi connectivity index (χ1) is 8.15. The molecule has 17 heavy (non-hydrogen) atoms. The maximum absolute atomic E-state index is 13.4. The van der Waals surface area contributed by atoms with Gasteiger partial charge in [0, 0.05) is 19.7 Å². The highest BCUT2D eigenvalue weighted by Crippen LogP contribution is 2.17. The molecule has 0 fully saturated rings. The number of hydrogen-bond donors (Lipinski definition) is 1. The smallest absolute Gasteiger partial charge is 0.127 e. The maximum atomic E-state index is 13.4. The van der Waals surface area contributed by atoms with Gasteiger partial charge in [0.15, 0.2) is 0 Å². The summed E-state index contributed by atoms with van der Waals surface area (Å²) in [6, 6.07) is 4.75. The van der Waals surface area contributed by atoms with Crippen molar-refractivity contribution in [2.75, 3.05) is 20.3 Å². The fourth-order valence-electron chi connectivity index (χ4n) is 1.56. The third kappa shape index (κ3) is 5.15. The Balaban J connectivity index is 2.67. The van der Waals surface area contributed by atoms with Gasteiger partial charge >= 0.3 is 0 Å². The second-order valence-corrected chi connectivity index (χ2v) is 3.96. The van der Waals surface area contributed by atoms with Crippen LogP contribution in [0.15, 0.2) is 18.2 Å². The van der Waals surface area contributed by atoms with Crippen LogP contribution in [0.25, 0.3) is 0 Å². The summed E-state index contributed by atoms with van der Waals surface area (Å²) in [7, 11) is 1.61. The van der Waals surface area contributed by atoms with E-state index >= 15 is 0 Å². The van der Waals surface area contributed by atoms with E-state index in [2.05, 4.69) is 5.32 Å². The summed E-state index contributed by atoms with van der Waals surface area (Å²) in [5, 5.41) is 3.15. The fourth-order valence-corrected chi connectivity index (χ4v) is 1.56. The van der Waals surface area contributed by atoms with Gasteiger partial charge in [0.05, 0.1) is 6.61 Å². The molecule has 3 nitrogen and oxygen atoms in total. The normalized spacial score (nSPS) is 12.5. The van der Waals surface area contributed by atoms with Gasteiger partial charge in [-0.1, -0.05) is 6.92 Å². The number of ether oxygens (including phenoxy) is 2. The van der Waals surface area contributed by atoms with Crippen LogP contribution in [-0.4, -0.2) is 26.4 Å². The largest absolute Gasteiger partial charge is 0.488 e. The summed E-state index contributed by atoms with van der Waals surface area (Å²) in [5.41, 5.74) is 0.881. The number of rotatable bonds is 7. The summed E-state index contributed by atoms with van der Waals surface area (Å²) in [5.74, 6) is 0.266. The average molecular weight is 241 g/mol. The van der Waals surface area contributed by atoms with Crippen LogP contribution in [0.3, 0.4) is 0 Å². The fraction of sp³-hybridized carbons (Fsp3) is 0.538. The first-order valence-electron chi connectivity index (χ1n) is 5.81. The highest BCUT2D eigenvalue weighted by atomic mass is 19.1. The van der Waals surface area contributed by atoms with Crippen molar-refractivity contribution in [2.45, 2.75) is 26.5 Å². The number of methoxy groups -OCH3 is 1. The lowest BCUT2D eigenvalue weighted by Gasteiger charge is -2.14. The minimum absolute atomic E-state index is 0.0891. The Morgan fingerprint density at radius 1 is 1.35 bits per heavy atom. The molecule has 0 aromatic heterocycles. The summed E-state index contributed by atoms with van der Waals surface area (Å²) < 4.78 is 23.9. The van der Waals surface area contributed by atoms with Crippen LogP contribution in [0.2, 0.25) is 0 Å². The van der Waals surface area contributed by atoms with E-state index in [1.807, 2.05) is 19.9 Å². The predicted molar refractivity (Wildman–Crippen MR) is 65.7 cm³/mol. The van der Waals surface area contributed by atoms with E-state index in [4.69, 9.17) is 9.47 Å². The zero-order valence-corrected chi connectivity index (χ0v) is 10.6. The van der Waals surface area contributed by atoms with Crippen LogP contribution in [0.5, 0.6) is 5.75 Å². The SMILES string of the molecule is CCNCc1cc(F)cc(OC(C)COC)c1. The monoisotopic (exact) mass is 241 g/mol. The van der Waals surface area contributed by atoms with Crippen molar-refractivity contribution in [1.29, 1.82) is 0 Å². The van der Waals surface area contributed by atoms with Crippen LogP contribution in [0.1, 0.15) is 19.4 Å². The standard InChI is InChI=1S/C13H20FNO2/c1-4-15-8-11-5-12(14)7-13(6-11)17-10(2)9-16-3/h5-7,10,15H,4,8-9H2,1-3H3. The van der Waals surface area contributed by atoms with Gasteiger partial charge in [0.25, 0.3) is 0 Å². The summed E-state index contributed by atoms with van der Waals surface area (Å²) in [4.78, 5) is 0. The minimum Gasteiger partial charge on any atom is -0.488 e. The molecular formula is C13H20FNO2. The lowest BCUT2D eigenvalue weighted by molar-refractivity contribution is 0.0918. The molecule has 0 saturated carbocycles. The van der Waals surface area contributed by atoms with Crippen LogP contribution in [0, 0.1) is 5.82 Å². The number of hydrogen-bond acceptors (Lipinski definition) is 3. The Morgan fingerprint density at radius 2 is 2.12 bits per heavy atom. The molecule has 1 aromatic carbocycles. The molecule has 1 atom stereocenters. The van der Waals surface area contributed by atoms with E-state index in [-0.39, 0.29) is 11.9 Å². The zero-order chi connectivity index (χ0) is 12.7. The molecule has 0 aliphatic rings. The Hall–Kier alpha value is -1.13. The van der Waals surface area contributed by atoms with Crippen LogP contribution in [0.4, 0.5) is 4.39 Å². The Labute approximate surface area is 102 Å². The van der Waals surface area contributed by atoms with E-state index in [0.717, 1.165) is 12.1 Å². The molecule has 0 heterocycles. The number of nitrogens with one attached hydrogen (secondary N) is 1. The molecular weight excluding hydrogens is 221 g/mol. The van der Waals surface area contributed by atoms with E-state index < -0.39 is 0 Å². The van der Waals surface area contributed by atoms with Crippen molar-refractivity contribution in [3.63, 3.8) is 0 Å². The van der Waals surface area contributed by atoms with E-state index in [1.54, 1.807) is 7.11 Å². The van der Waals surface area contributed by atoms with Crippen LogP contribution in [-0.2, 0) is 11.3 Å². The molecule has 0 aliphatic heterocycles. The van der Waals surface area contributed by atoms with Gasteiger partial charge in [0.2, 0.25) is 0 Å². The van der Waals surface area contributed by atoms with Gasteiger partial charge in [-0.05, 0) is 31.2 Å². The van der Waals surface area contributed by atoms with Gasteiger partial charge in [-0.2, -0.15) is 0 Å². The van der Waals surface area contributed by atoms with Crippen molar-refractivity contribution in [2.24, 2.45) is 0 Å². The summed E-state index contributed by atoms with van der Waals surface area (Å²) in [6.07, 6.45) is -0.0891. The summed E-state index contributed by atoms with van der Waals surface area (Å²) in [6.45, 7) is 5.88. The van der Waals surface area contributed by atoms with Gasteiger partial charge in [-0.3, -0.25) is 0 Å². The van der Waals surface area contributed by atoms with E-state index in [1.165, 1.54) is 12.1 Å². The Morgan fingerprint density at radius 3 is 2.76 bits per heavy atom. The Bertz CT molecular complexity index is 344. The molecule has 0 aliphatic carbocycles. The highest BCUT2D eigenvalue weighted by Gasteiger charge is 2.06.